The molecular weight excluding hydrogens is 494 g/mol. The molecule has 3 aromatic rings. The Bertz CT molecular complexity index is 1430. The van der Waals surface area contributed by atoms with E-state index in [9.17, 15) is 23.1 Å². The Balaban J connectivity index is 0.00000361. The molecule has 10 N–H and O–H groups in total. The number of aromatic nitrogens is 4. The highest BCUT2D eigenvalue weighted by Gasteiger charge is 2.25. The van der Waals surface area contributed by atoms with Crippen LogP contribution in [-0.4, -0.2) is 68.2 Å². The number of carboxylic acids is 1. The fourth-order valence-electron chi connectivity index (χ4n) is 3.80. The third-order valence-corrected chi connectivity index (χ3v) is 6.21. The minimum Gasteiger partial charge on any atom is -0.480 e. The monoisotopic (exact) mass is 519 g/mol. The van der Waals surface area contributed by atoms with Crippen LogP contribution in [-0.2, 0) is 27.9 Å². The first-order valence-electron chi connectivity index (χ1n) is 10.4. The van der Waals surface area contributed by atoms with Crippen LogP contribution >= 0.6 is 0 Å². The van der Waals surface area contributed by atoms with Gasteiger partial charge in [0, 0.05) is 17.8 Å². The van der Waals surface area contributed by atoms with E-state index in [4.69, 9.17) is 16.0 Å². The fraction of sp³-hybridized carbons (Fsp3) is 0.300. The molecule has 36 heavy (non-hydrogen) atoms. The number of hydrogen-bond donors (Lipinski definition) is 6. The summed E-state index contributed by atoms with van der Waals surface area (Å²) < 4.78 is 30.7. The van der Waals surface area contributed by atoms with E-state index in [1.54, 1.807) is 24.4 Å². The van der Waals surface area contributed by atoms with Gasteiger partial charge < -0.3 is 32.9 Å². The van der Waals surface area contributed by atoms with Gasteiger partial charge in [0.1, 0.15) is 6.04 Å². The number of carbonyl (C=O) groups excluding carboxylic acids is 1. The van der Waals surface area contributed by atoms with Gasteiger partial charge in [-0.1, -0.05) is 0 Å². The molecule has 1 aromatic carbocycles. The zero-order valence-corrected chi connectivity index (χ0v) is 19.8. The quantitative estimate of drug-likeness (QED) is 0.210. The van der Waals surface area contributed by atoms with Crippen LogP contribution in [0.3, 0.4) is 0 Å². The van der Waals surface area contributed by atoms with Crippen LogP contribution in [0.15, 0.2) is 24.4 Å². The normalized spacial score (nSPS) is 13.6. The molecule has 0 unspecified atom stereocenters. The van der Waals surface area contributed by atoms with Gasteiger partial charge in [0.2, 0.25) is 5.95 Å². The number of hydrogen-bond acceptors (Lipinski definition) is 12. The lowest BCUT2D eigenvalue weighted by Gasteiger charge is -2.19. The molecule has 1 amide bonds. The summed E-state index contributed by atoms with van der Waals surface area (Å²) in [5.41, 5.74) is 14.7. The molecular formula is C20H25N9O6S. The van der Waals surface area contributed by atoms with Gasteiger partial charge in [0.05, 0.1) is 24.2 Å². The first-order valence-corrected chi connectivity index (χ1v) is 12.0. The maximum atomic E-state index is 12.6. The van der Waals surface area contributed by atoms with Crippen molar-refractivity contribution >= 4 is 50.6 Å². The summed E-state index contributed by atoms with van der Waals surface area (Å²) in [5.74, 6) is -2.70. The summed E-state index contributed by atoms with van der Waals surface area (Å²) >= 11 is 0. The first kappa shape index (κ1) is 26.5. The predicted molar refractivity (Wildman–Crippen MR) is 130 cm³/mol. The van der Waals surface area contributed by atoms with Crippen LogP contribution < -0.4 is 27.8 Å². The minimum atomic E-state index is -4.36. The Labute approximate surface area is 205 Å². The summed E-state index contributed by atoms with van der Waals surface area (Å²) in [6.45, 7) is 1.07. The third-order valence-electron chi connectivity index (χ3n) is 5.46. The Morgan fingerprint density at radius 3 is 2.64 bits per heavy atom. The smallest absolute Gasteiger partial charge is 0.326 e. The summed E-state index contributed by atoms with van der Waals surface area (Å²) in [7, 11) is -4.36. The zero-order chi connectivity index (χ0) is 25.3. The minimum absolute atomic E-state index is 0. The second-order valence-corrected chi connectivity index (χ2v) is 9.53. The van der Waals surface area contributed by atoms with Gasteiger partial charge in [-0.2, -0.15) is 18.4 Å². The lowest BCUT2D eigenvalue weighted by molar-refractivity contribution is -0.139. The summed E-state index contributed by atoms with van der Waals surface area (Å²) in [4.78, 5) is 42.7. The van der Waals surface area contributed by atoms with E-state index >= 15 is 0 Å². The maximum Gasteiger partial charge on any atom is 0.326 e. The number of carboxylic acid groups (broad SMARTS) is 1. The van der Waals surface area contributed by atoms with E-state index < -0.39 is 40.2 Å². The number of anilines is 3. The van der Waals surface area contributed by atoms with Crippen molar-refractivity contribution < 1.29 is 27.7 Å². The topological polar surface area (TPSA) is 263 Å². The Morgan fingerprint density at radius 1 is 1.19 bits per heavy atom. The highest BCUT2D eigenvalue weighted by atomic mass is 32.2. The molecule has 4 rings (SSSR count). The van der Waals surface area contributed by atoms with Crippen molar-refractivity contribution in [1.82, 2.24) is 31.4 Å². The van der Waals surface area contributed by atoms with E-state index in [-0.39, 0.29) is 23.5 Å². The summed E-state index contributed by atoms with van der Waals surface area (Å²) in [6.07, 6.45) is 1.75. The highest BCUT2D eigenvalue weighted by Crippen LogP contribution is 2.30. The van der Waals surface area contributed by atoms with Crippen LogP contribution in [0.5, 0.6) is 0 Å². The maximum absolute atomic E-state index is 12.6. The predicted octanol–water partition coefficient (Wildman–Crippen LogP) is -0.230. The molecule has 0 aliphatic carbocycles. The molecule has 2 aromatic heterocycles. The lowest BCUT2D eigenvalue weighted by atomic mass is 10.1. The van der Waals surface area contributed by atoms with Crippen LogP contribution in [0, 0.1) is 0 Å². The van der Waals surface area contributed by atoms with E-state index in [0.29, 0.717) is 36.4 Å². The average Bonchev–Trinajstić information content (AvgIpc) is 3.18. The number of benzene rings is 1. The van der Waals surface area contributed by atoms with Crippen molar-refractivity contribution in [2.24, 2.45) is 0 Å². The number of nitrogens with one attached hydrogen (secondary N) is 1. The molecule has 192 valence electrons. The number of fused-ring (bicyclic) bond motifs is 2. The van der Waals surface area contributed by atoms with Crippen LogP contribution in [0.25, 0.3) is 11.2 Å². The number of nitrogen functional groups attached to an aromatic ring is 2. The SMILES string of the molecule is N.Nc1nc(N)c2nc(CN3CCc4cc(C(=O)N[C@@H](CCS(=O)(=O)O)C(=O)O)ccc43)cnc2n1. The number of amides is 1. The van der Waals surface area contributed by atoms with Crippen molar-refractivity contribution in [3.05, 3.63) is 41.2 Å². The molecule has 0 saturated carbocycles. The van der Waals surface area contributed by atoms with Crippen molar-refractivity contribution in [3.8, 4) is 0 Å². The van der Waals surface area contributed by atoms with E-state index in [1.807, 2.05) is 4.90 Å². The van der Waals surface area contributed by atoms with E-state index in [0.717, 1.165) is 11.3 Å². The molecule has 0 bridgehead atoms. The molecule has 1 aliphatic rings. The van der Waals surface area contributed by atoms with Gasteiger partial charge in [-0.25, -0.2) is 14.8 Å². The van der Waals surface area contributed by atoms with E-state index in [2.05, 4.69) is 25.3 Å². The zero-order valence-electron chi connectivity index (χ0n) is 19.0. The largest absolute Gasteiger partial charge is 0.480 e. The van der Waals surface area contributed by atoms with Gasteiger partial charge in [-0.3, -0.25) is 9.35 Å². The van der Waals surface area contributed by atoms with Gasteiger partial charge >= 0.3 is 5.97 Å². The van der Waals surface area contributed by atoms with Crippen molar-refractivity contribution in [1.29, 1.82) is 0 Å². The summed E-state index contributed by atoms with van der Waals surface area (Å²) in [5, 5.41) is 11.6. The molecule has 3 heterocycles. The van der Waals surface area contributed by atoms with Crippen molar-refractivity contribution in [3.63, 3.8) is 0 Å². The first-order chi connectivity index (χ1) is 16.5. The molecule has 0 saturated heterocycles. The number of aliphatic carboxylic acids is 1. The van der Waals surface area contributed by atoms with Gasteiger partial charge in [-0.15, -0.1) is 0 Å². The molecule has 0 fully saturated rings. The van der Waals surface area contributed by atoms with Crippen LogP contribution in [0.2, 0.25) is 0 Å². The molecule has 0 radical (unpaired) electrons. The fourth-order valence-corrected chi connectivity index (χ4v) is 4.33. The number of rotatable bonds is 8. The van der Waals surface area contributed by atoms with Gasteiger partial charge in [-0.05, 0) is 36.6 Å². The van der Waals surface area contributed by atoms with Crippen LogP contribution in [0.4, 0.5) is 17.5 Å². The lowest BCUT2D eigenvalue weighted by Crippen LogP contribution is -2.41. The van der Waals surface area contributed by atoms with Crippen LogP contribution in [0.1, 0.15) is 28.0 Å². The standard InChI is InChI=1S/C20H22N8O6S.H3N/c21-16-15-17(27-20(22)26-16)23-8-12(24-15)9-28-5-3-10-7-11(1-2-14(10)28)18(29)25-13(19(30)31)4-6-35(32,33)34;/h1-2,7-8,13H,3-6,9H2,(H,25,29)(H,30,31)(H,32,33,34)(H4,21,22,23,26,27);1H3/t13-;/m0./s1. The number of carbonyl (C=O) groups is 2. The van der Waals surface area contributed by atoms with Gasteiger partial charge in [0.15, 0.2) is 17.0 Å². The summed E-state index contributed by atoms with van der Waals surface area (Å²) in [6, 6.07) is 3.49. The highest BCUT2D eigenvalue weighted by molar-refractivity contribution is 7.85. The third kappa shape index (κ3) is 5.91. The molecule has 1 atom stereocenters. The van der Waals surface area contributed by atoms with Crippen molar-refractivity contribution in [2.75, 3.05) is 28.7 Å². The Morgan fingerprint density at radius 2 is 1.94 bits per heavy atom. The van der Waals surface area contributed by atoms with Gasteiger partial charge in [0.25, 0.3) is 16.0 Å². The Hall–Kier alpha value is -4.15. The molecule has 15 nitrogen and oxygen atoms in total. The number of nitrogens with zero attached hydrogens (tertiary/aromatic N) is 5. The Kier molecular flexibility index (Phi) is 7.51. The molecule has 1 aliphatic heterocycles. The second kappa shape index (κ2) is 10.2. The second-order valence-electron chi connectivity index (χ2n) is 7.95. The average molecular weight is 520 g/mol. The van der Waals surface area contributed by atoms with Crippen molar-refractivity contribution in [2.45, 2.75) is 25.4 Å². The van der Waals surface area contributed by atoms with E-state index in [1.165, 1.54) is 0 Å². The molecule has 16 heteroatoms. The number of nitrogens with two attached hydrogens (primary N) is 2. The molecule has 0 spiro atoms.